The molecule has 160 valence electrons. The van der Waals surface area contributed by atoms with Crippen molar-refractivity contribution in [3.63, 3.8) is 0 Å². The van der Waals surface area contributed by atoms with Gasteiger partial charge in [-0.3, -0.25) is 4.79 Å². The van der Waals surface area contributed by atoms with E-state index in [-0.39, 0.29) is 11.7 Å². The zero-order valence-corrected chi connectivity index (χ0v) is 18.3. The summed E-state index contributed by atoms with van der Waals surface area (Å²) in [6, 6.07) is 7.41. The van der Waals surface area contributed by atoms with Crippen molar-refractivity contribution in [3.05, 3.63) is 52.1 Å². The highest BCUT2D eigenvalue weighted by atomic mass is 16.5. The maximum absolute atomic E-state index is 13.4. The highest BCUT2D eigenvalue weighted by Crippen LogP contribution is 2.44. The van der Waals surface area contributed by atoms with E-state index in [1.54, 1.807) is 12.1 Å². The van der Waals surface area contributed by atoms with Gasteiger partial charge in [0.2, 0.25) is 0 Å². The predicted octanol–water partition coefficient (Wildman–Crippen LogP) is 4.51. The summed E-state index contributed by atoms with van der Waals surface area (Å²) in [5, 5.41) is 19.9. The second-order valence-electron chi connectivity index (χ2n) is 9.02. The van der Waals surface area contributed by atoms with Gasteiger partial charge in [-0.1, -0.05) is 12.1 Å². The van der Waals surface area contributed by atoms with Crippen molar-refractivity contribution in [1.29, 1.82) is 0 Å². The first kappa shape index (κ1) is 20.6. The maximum atomic E-state index is 13.4. The molecule has 0 aromatic heterocycles. The Morgan fingerprint density at radius 1 is 1.03 bits per heavy atom. The number of carbonyl (C=O) groups excluding carboxylic acids is 1. The van der Waals surface area contributed by atoms with Crippen LogP contribution < -0.4 is 4.74 Å². The average Bonchev–Trinajstić information content (AvgIpc) is 2.76. The molecule has 4 rings (SSSR count). The van der Waals surface area contributed by atoms with E-state index in [1.807, 2.05) is 44.7 Å². The third-order valence-corrected chi connectivity index (χ3v) is 7.12. The van der Waals surface area contributed by atoms with Gasteiger partial charge in [-0.05, 0) is 87.3 Å². The summed E-state index contributed by atoms with van der Waals surface area (Å²) in [5.41, 5.74) is 3.95. The monoisotopic (exact) mass is 409 g/mol. The van der Waals surface area contributed by atoms with Crippen molar-refractivity contribution in [2.45, 2.75) is 64.9 Å². The molecule has 5 nitrogen and oxygen atoms in total. The van der Waals surface area contributed by atoms with Crippen LogP contribution >= 0.6 is 0 Å². The molecule has 0 saturated carbocycles. The first-order chi connectivity index (χ1) is 14.2. The molecule has 0 aliphatic carbocycles. The highest BCUT2D eigenvalue weighted by Gasteiger charge is 2.43. The van der Waals surface area contributed by atoms with Crippen molar-refractivity contribution in [2.75, 3.05) is 13.1 Å². The number of amides is 1. The molecule has 0 radical (unpaired) electrons. The molecule has 2 aromatic rings. The zero-order chi connectivity index (χ0) is 21.6. The van der Waals surface area contributed by atoms with Crippen LogP contribution in [0.2, 0.25) is 0 Å². The number of ether oxygens (including phenoxy) is 1. The van der Waals surface area contributed by atoms with Crippen molar-refractivity contribution in [3.8, 4) is 17.2 Å². The van der Waals surface area contributed by atoms with Crippen LogP contribution in [0.15, 0.2) is 24.3 Å². The number of fused-ring (bicyclic) bond motifs is 1. The van der Waals surface area contributed by atoms with Gasteiger partial charge in [0.1, 0.15) is 17.2 Å². The standard InChI is InChI=1S/C25H31NO4/c1-15-16(2)23-21(17(3)22(15)28)9-12-25(4,30-23)24(29)26-13-10-19(11-14-26)18-5-7-20(27)8-6-18/h5-8,19,27-28H,9-14H2,1-4H3. The SMILES string of the molecule is Cc1c(C)c2c(c(C)c1O)CCC(C)(C(=O)N1CCC(c3ccc(O)cc3)CC1)O2. The molecule has 5 heteroatoms. The first-order valence-corrected chi connectivity index (χ1v) is 10.8. The van der Waals surface area contributed by atoms with E-state index in [9.17, 15) is 15.0 Å². The zero-order valence-electron chi connectivity index (χ0n) is 18.3. The molecular weight excluding hydrogens is 378 g/mol. The third kappa shape index (κ3) is 3.40. The Morgan fingerprint density at radius 3 is 2.30 bits per heavy atom. The Balaban J connectivity index is 1.49. The molecule has 2 N–H and O–H groups in total. The molecule has 2 aliphatic heterocycles. The second kappa shape index (κ2) is 7.53. The molecule has 1 saturated heterocycles. The molecule has 1 unspecified atom stereocenters. The van der Waals surface area contributed by atoms with Gasteiger partial charge in [0.25, 0.3) is 5.91 Å². The highest BCUT2D eigenvalue weighted by molar-refractivity contribution is 5.86. The van der Waals surface area contributed by atoms with Gasteiger partial charge in [0, 0.05) is 25.1 Å². The van der Waals surface area contributed by atoms with Crippen molar-refractivity contribution in [1.82, 2.24) is 4.90 Å². The van der Waals surface area contributed by atoms with E-state index >= 15 is 0 Å². The molecule has 2 heterocycles. The van der Waals surface area contributed by atoms with E-state index in [2.05, 4.69) is 0 Å². The van der Waals surface area contributed by atoms with Gasteiger partial charge in [0.05, 0.1) is 0 Å². The molecule has 1 amide bonds. The van der Waals surface area contributed by atoms with Gasteiger partial charge in [0.15, 0.2) is 5.60 Å². The molecule has 30 heavy (non-hydrogen) atoms. The van der Waals surface area contributed by atoms with Crippen LogP contribution in [-0.4, -0.2) is 39.7 Å². The number of piperidine rings is 1. The molecule has 2 aromatic carbocycles. The van der Waals surface area contributed by atoms with Crippen LogP contribution in [0.5, 0.6) is 17.2 Å². The number of carbonyl (C=O) groups is 1. The number of rotatable bonds is 2. The molecule has 0 spiro atoms. The lowest BCUT2D eigenvalue weighted by Crippen LogP contribution is -2.54. The third-order valence-electron chi connectivity index (χ3n) is 7.12. The number of benzene rings is 2. The molecule has 1 fully saturated rings. The number of hydrogen-bond donors (Lipinski definition) is 2. The lowest BCUT2D eigenvalue weighted by atomic mass is 9.85. The topological polar surface area (TPSA) is 70.0 Å². The van der Waals surface area contributed by atoms with E-state index in [4.69, 9.17) is 4.74 Å². The van der Waals surface area contributed by atoms with Crippen molar-refractivity contribution < 1.29 is 19.7 Å². The van der Waals surface area contributed by atoms with E-state index in [0.29, 0.717) is 31.2 Å². The summed E-state index contributed by atoms with van der Waals surface area (Å²) >= 11 is 0. The van der Waals surface area contributed by atoms with Gasteiger partial charge in [-0.2, -0.15) is 0 Å². The fourth-order valence-electron chi connectivity index (χ4n) is 4.90. The Bertz CT molecular complexity index is 974. The van der Waals surface area contributed by atoms with E-state index in [0.717, 1.165) is 47.3 Å². The van der Waals surface area contributed by atoms with Crippen LogP contribution in [0, 0.1) is 20.8 Å². The Morgan fingerprint density at radius 2 is 1.67 bits per heavy atom. The summed E-state index contributed by atoms with van der Waals surface area (Å²) in [4.78, 5) is 15.4. The summed E-state index contributed by atoms with van der Waals surface area (Å²) < 4.78 is 6.38. The number of phenolic OH excluding ortho intramolecular Hbond substituents is 2. The van der Waals surface area contributed by atoms with Gasteiger partial charge in [-0.15, -0.1) is 0 Å². The number of likely N-dealkylation sites (tertiary alicyclic amines) is 1. The minimum absolute atomic E-state index is 0.0556. The van der Waals surface area contributed by atoms with Crippen LogP contribution in [0.1, 0.15) is 59.9 Å². The maximum Gasteiger partial charge on any atom is 0.266 e. The minimum atomic E-state index is -0.876. The second-order valence-corrected chi connectivity index (χ2v) is 9.02. The van der Waals surface area contributed by atoms with Crippen LogP contribution in [-0.2, 0) is 11.2 Å². The number of hydrogen-bond acceptors (Lipinski definition) is 4. The van der Waals surface area contributed by atoms with E-state index in [1.165, 1.54) is 5.56 Å². The first-order valence-electron chi connectivity index (χ1n) is 10.8. The quantitative estimate of drug-likeness (QED) is 0.766. The van der Waals surface area contributed by atoms with Gasteiger partial charge >= 0.3 is 0 Å². The predicted molar refractivity (Wildman–Crippen MR) is 116 cm³/mol. The number of phenols is 2. The smallest absolute Gasteiger partial charge is 0.266 e. The summed E-state index contributed by atoms with van der Waals surface area (Å²) in [7, 11) is 0. The Kier molecular flexibility index (Phi) is 5.16. The molecular formula is C25H31NO4. The molecule has 2 aliphatic rings. The number of aromatic hydroxyl groups is 2. The van der Waals surface area contributed by atoms with Crippen LogP contribution in [0.3, 0.4) is 0 Å². The molecule has 0 bridgehead atoms. The summed E-state index contributed by atoms with van der Waals surface area (Å²) in [6.45, 7) is 9.09. The summed E-state index contributed by atoms with van der Waals surface area (Å²) in [5.74, 6) is 1.85. The van der Waals surface area contributed by atoms with Gasteiger partial charge in [-0.25, -0.2) is 0 Å². The summed E-state index contributed by atoms with van der Waals surface area (Å²) in [6.07, 6.45) is 3.16. The normalized spacial score (nSPS) is 21.8. The molecule has 1 atom stereocenters. The largest absolute Gasteiger partial charge is 0.508 e. The fraction of sp³-hybridized carbons (Fsp3) is 0.480. The van der Waals surface area contributed by atoms with Crippen molar-refractivity contribution in [2.24, 2.45) is 0 Å². The van der Waals surface area contributed by atoms with Crippen LogP contribution in [0.25, 0.3) is 0 Å². The number of nitrogens with zero attached hydrogens (tertiary/aromatic N) is 1. The Hall–Kier alpha value is -2.69. The van der Waals surface area contributed by atoms with Gasteiger partial charge < -0.3 is 19.8 Å². The van der Waals surface area contributed by atoms with Crippen LogP contribution in [0.4, 0.5) is 0 Å². The lowest BCUT2D eigenvalue weighted by Gasteiger charge is -2.41. The van der Waals surface area contributed by atoms with E-state index < -0.39 is 5.60 Å². The average molecular weight is 410 g/mol. The lowest BCUT2D eigenvalue weighted by molar-refractivity contribution is -0.149. The fourth-order valence-corrected chi connectivity index (χ4v) is 4.90. The van der Waals surface area contributed by atoms with Crippen molar-refractivity contribution >= 4 is 5.91 Å². The minimum Gasteiger partial charge on any atom is -0.508 e. The Labute approximate surface area is 178 Å².